The Morgan fingerprint density at radius 2 is 0.962 bits per heavy atom. The molecular formula is C52H36. The highest BCUT2D eigenvalue weighted by molar-refractivity contribution is 6.24. The Hall–Kier alpha value is -6.50. The van der Waals surface area contributed by atoms with Crippen LogP contribution in [0, 0.1) is 0 Å². The maximum atomic E-state index is 2.48. The molecule has 52 heavy (non-hydrogen) atoms. The van der Waals surface area contributed by atoms with E-state index in [-0.39, 0.29) is 0 Å². The molecule has 0 saturated heterocycles. The van der Waals surface area contributed by atoms with Crippen molar-refractivity contribution in [2.75, 3.05) is 0 Å². The molecule has 0 fully saturated rings. The van der Waals surface area contributed by atoms with Gasteiger partial charge in [-0.3, -0.25) is 0 Å². The van der Waals surface area contributed by atoms with Crippen molar-refractivity contribution in [1.82, 2.24) is 0 Å². The molecule has 0 amide bonds. The minimum absolute atomic E-state index is 0.371. The molecule has 0 saturated carbocycles. The minimum Gasteiger partial charge on any atom is -0.0836 e. The van der Waals surface area contributed by atoms with Gasteiger partial charge in [-0.1, -0.05) is 170 Å². The van der Waals surface area contributed by atoms with Gasteiger partial charge >= 0.3 is 0 Å². The predicted molar refractivity (Wildman–Crippen MR) is 224 cm³/mol. The zero-order chi connectivity index (χ0) is 34.4. The van der Waals surface area contributed by atoms with Crippen LogP contribution in [-0.2, 0) is 0 Å². The number of fused-ring (bicyclic) bond motifs is 6. The van der Waals surface area contributed by atoms with Gasteiger partial charge in [0, 0.05) is 5.92 Å². The number of hydrogen-bond acceptors (Lipinski definition) is 0. The highest BCUT2D eigenvalue weighted by Gasteiger charge is 2.19. The van der Waals surface area contributed by atoms with Gasteiger partial charge in [0.25, 0.3) is 0 Å². The zero-order valence-electron chi connectivity index (χ0n) is 28.8. The topological polar surface area (TPSA) is 0 Å². The Bertz CT molecular complexity index is 2850. The lowest BCUT2D eigenvalue weighted by molar-refractivity contribution is 0.855. The second-order valence-corrected chi connectivity index (χ2v) is 14.0. The average Bonchev–Trinajstić information content (AvgIpc) is 3.23. The molecule has 0 nitrogen and oxygen atoms in total. The van der Waals surface area contributed by atoms with E-state index in [1.54, 1.807) is 0 Å². The molecule has 244 valence electrons. The van der Waals surface area contributed by atoms with E-state index >= 15 is 0 Å². The molecular weight excluding hydrogens is 625 g/mol. The standard InChI is InChI=1S/C52H36/c1-4-14-35(15-5-1)40-26-28-45-48(31-40)47(42-25-24-37-18-10-11-21-39(37)30-42)33-50-46-29-27-41(36-16-6-2-7-17-36)32-49(46)51(34-52(45)50)44-23-13-12-22-43(44)38-19-8-3-9-20-38/h1-14,16-35H,15H2. The van der Waals surface area contributed by atoms with E-state index in [9.17, 15) is 0 Å². The molecule has 1 atom stereocenters. The third kappa shape index (κ3) is 5.24. The molecule has 1 unspecified atom stereocenters. The normalized spacial score (nSPS) is 14.1. The third-order valence-corrected chi connectivity index (χ3v) is 11.0. The van der Waals surface area contributed by atoms with E-state index in [1.165, 1.54) is 93.2 Å². The van der Waals surface area contributed by atoms with Crippen molar-refractivity contribution in [2.45, 2.75) is 12.3 Å². The fourth-order valence-electron chi connectivity index (χ4n) is 8.34. The van der Waals surface area contributed by atoms with Crippen LogP contribution in [-0.4, -0.2) is 0 Å². The summed E-state index contributed by atoms with van der Waals surface area (Å²) in [6.07, 6.45) is 10.00. The quantitative estimate of drug-likeness (QED) is 0.161. The van der Waals surface area contributed by atoms with Crippen LogP contribution in [0.1, 0.15) is 17.9 Å². The Morgan fingerprint density at radius 3 is 1.73 bits per heavy atom. The monoisotopic (exact) mass is 660 g/mol. The van der Waals surface area contributed by atoms with Crippen molar-refractivity contribution in [3.05, 3.63) is 206 Å². The second-order valence-electron chi connectivity index (χ2n) is 14.0. The summed E-state index contributed by atoms with van der Waals surface area (Å²) in [5.41, 5.74) is 11.3. The summed E-state index contributed by atoms with van der Waals surface area (Å²) in [6.45, 7) is 0. The van der Waals surface area contributed by atoms with Gasteiger partial charge in [-0.05, 0) is 130 Å². The lowest BCUT2D eigenvalue weighted by Crippen LogP contribution is -1.97. The summed E-state index contributed by atoms with van der Waals surface area (Å²) in [7, 11) is 0. The first-order valence-electron chi connectivity index (χ1n) is 18.3. The first kappa shape index (κ1) is 30.3. The van der Waals surface area contributed by atoms with Gasteiger partial charge in [-0.25, -0.2) is 0 Å². The van der Waals surface area contributed by atoms with Gasteiger partial charge < -0.3 is 0 Å². The lowest BCUT2D eigenvalue weighted by atomic mass is 9.83. The maximum absolute atomic E-state index is 2.48. The van der Waals surface area contributed by atoms with E-state index < -0.39 is 0 Å². The number of rotatable bonds is 5. The molecule has 0 radical (unpaired) electrons. The van der Waals surface area contributed by atoms with Gasteiger partial charge in [0.05, 0.1) is 0 Å². The summed E-state index contributed by atoms with van der Waals surface area (Å²) in [4.78, 5) is 0. The molecule has 9 aromatic rings. The van der Waals surface area contributed by atoms with Crippen LogP contribution in [0.15, 0.2) is 200 Å². The van der Waals surface area contributed by atoms with Crippen LogP contribution in [0.3, 0.4) is 0 Å². The summed E-state index contributed by atoms with van der Waals surface area (Å²) in [6, 6.07) is 65.3. The lowest BCUT2D eigenvalue weighted by Gasteiger charge is -2.20. The van der Waals surface area contributed by atoms with E-state index in [0.29, 0.717) is 5.92 Å². The highest BCUT2D eigenvalue weighted by atomic mass is 14.2. The van der Waals surface area contributed by atoms with Crippen LogP contribution in [0.4, 0.5) is 0 Å². The minimum atomic E-state index is 0.371. The predicted octanol–water partition coefficient (Wildman–Crippen LogP) is 14.6. The molecule has 1 aliphatic rings. The molecule has 1 aliphatic carbocycles. The van der Waals surface area contributed by atoms with Crippen molar-refractivity contribution in [1.29, 1.82) is 0 Å². The van der Waals surface area contributed by atoms with Crippen LogP contribution < -0.4 is 0 Å². The summed E-state index contributed by atoms with van der Waals surface area (Å²) in [5.74, 6) is 0.371. The Morgan fingerprint density at radius 1 is 0.327 bits per heavy atom. The molecule has 9 aromatic carbocycles. The molecule has 0 bridgehead atoms. The van der Waals surface area contributed by atoms with Gasteiger partial charge in [-0.2, -0.15) is 0 Å². The maximum Gasteiger partial charge on any atom is 0.00559 e. The van der Waals surface area contributed by atoms with Gasteiger partial charge in [0.1, 0.15) is 0 Å². The number of allylic oxidation sites excluding steroid dienone is 4. The smallest absolute Gasteiger partial charge is 0.00559 e. The summed E-state index contributed by atoms with van der Waals surface area (Å²) >= 11 is 0. The fraction of sp³-hybridized carbons (Fsp3) is 0.0385. The molecule has 0 heterocycles. The Balaban J connectivity index is 1.32. The zero-order valence-corrected chi connectivity index (χ0v) is 28.8. The van der Waals surface area contributed by atoms with Crippen LogP contribution in [0.2, 0.25) is 0 Å². The summed E-state index contributed by atoms with van der Waals surface area (Å²) in [5, 5.41) is 10.2. The van der Waals surface area contributed by atoms with E-state index in [4.69, 9.17) is 0 Å². The van der Waals surface area contributed by atoms with Gasteiger partial charge in [0.2, 0.25) is 0 Å². The van der Waals surface area contributed by atoms with Crippen LogP contribution >= 0.6 is 0 Å². The average molecular weight is 661 g/mol. The Labute approximate surface area is 304 Å². The molecule has 0 heteroatoms. The van der Waals surface area contributed by atoms with E-state index in [0.717, 1.165) is 6.42 Å². The number of benzene rings is 9. The molecule has 10 rings (SSSR count). The highest BCUT2D eigenvalue weighted by Crippen LogP contribution is 2.45. The van der Waals surface area contributed by atoms with Crippen molar-refractivity contribution < 1.29 is 0 Å². The van der Waals surface area contributed by atoms with Crippen molar-refractivity contribution in [2.24, 2.45) is 0 Å². The molecule has 0 spiro atoms. The number of hydrogen-bond donors (Lipinski definition) is 0. The van der Waals surface area contributed by atoms with Crippen LogP contribution in [0.25, 0.3) is 87.6 Å². The fourth-order valence-corrected chi connectivity index (χ4v) is 8.34. The first-order valence-corrected chi connectivity index (χ1v) is 18.3. The molecule has 0 N–H and O–H groups in total. The van der Waals surface area contributed by atoms with Crippen molar-refractivity contribution >= 4 is 43.1 Å². The SMILES string of the molecule is C1=CCC(c2ccc3c(c2)c(-c2ccc4ccccc4c2)cc2c4ccc(-c5ccccc5)cc4c(-c4ccccc4-c4ccccc4)cc32)C=C1. The Kier molecular flexibility index (Phi) is 7.40. The van der Waals surface area contributed by atoms with Gasteiger partial charge in [-0.15, -0.1) is 0 Å². The van der Waals surface area contributed by atoms with Gasteiger partial charge in [0.15, 0.2) is 0 Å². The van der Waals surface area contributed by atoms with Crippen molar-refractivity contribution in [3.8, 4) is 44.5 Å². The van der Waals surface area contributed by atoms with Crippen molar-refractivity contribution in [3.63, 3.8) is 0 Å². The van der Waals surface area contributed by atoms with Crippen LogP contribution in [0.5, 0.6) is 0 Å². The first-order chi connectivity index (χ1) is 25.8. The molecule has 0 aromatic heterocycles. The summed E-state index contributed by atoms with van der Waals surface area (Å²) < 4.78 is 0. The van der Waals surface area contributed by atoms with E-state index in [2.05, 4.69) is 200 Å². The largest absolute Gasteiger partial charge is 0.0836 e. The molecule has 0 aliphatic heterocycles. The second kappa shape index (κ2) is 12.7. The third-order valence-electron chi connectivity index (χ3n) is 11.0. The van der Waals surface area contributed by atoms with E-state index in [1.807, 2.05) is 0 Å².